The summed E-state index contributed by atoms with van der Waals surface area (Å²) >= 11 is 0. The molecular weight excluding hydrogens is 244 g/mol. The monoisotopic (exact) mass is 258 g/mol. The van der Waals surface area contributed by atoms with Gasteiger partial charge in [0.15, 0.2) is 5.69 Å². The van der Waals surface area contributed by atoms with Crippen LogP contribution >= 0.6 is 0 Å². The minimum Gasteiger partial charge on any atom is -0.476 e. The van der Waals surface area contributed by atoms with Crippen molar-refractivity contribution >= 4 is 21.7 Å². The van der Waals surface area contributed by atoms with Gasteiger partial charge >= 0.3 is 5.97 Å². The van der Waals surface area contributed by atoms with Gasteiger partial charge in [0.1, 0.15) is 0 Å². The Bertz CT molecular complexity index is 531. The van der Waals surface area contributed by atoms with E-state index in [0.29, 0.717) is 0 Å². The number of sulfonamides is 1. The van der Waals surface area contributed by atoms with Gasteiger partial charge in [-0.05, 0) is 32.9 Å². The summed E-state index contributed by atoms with van der Waals surface area (Å²) in [6.07, 6.45) is 1.29. The van der Waals surface area contributed by atoms with E-state index in [1.54, 1.807) is 0 Å². The lowest BCUT2D eigenvalue weighted by Crippen LogP contribution is -2.34. The number of pyridine rings is 1. The fourth-order valence-corrected chi connectivity index (χ4v) is 1.72. The lowest BCUT2D eigenvalue weighted by atomic mass is 10.3. The number of carboxylic acid groups (broad SMARTS) is 1. The van der Waals surface area contributed by atoms with Crippen LogP contribution in [0.1, 0.15) is 31.3 Å². The van der Waals surface area contributed by atoms with Gasteiger partial charge in [-0.3, -0.25) is 4.72 Å². The summed E-state index contributed by atoms with van der Waals surface area (Å²) in [5, 5.41) is 8.87. The maximum absolute atomic E-state index is 11.9. The molecule has 1 heterocycles. The zero-order chi connectivity index (χ0) is 13.3. The highest BCUT2D eigenvalue weighted by Crippen LogP contribution is 2.21. The molecule has 0 aromatic carbocycles. The maximum atomic E-state index is 11.9. The SMILES string of the molecule is CC(C)(C)S(=O)(=O)Nc1cccnc1C(=O)O. The Morgan fingerprint density at radius 3 is 2.47 bits per heavy atom. The lowest BCUT2D eigenvalue weighted by molar-refractivity contribution is 0.0692. The van der Waals surface area contributed by atoms with Crippen molar-refractivity contribution < 1.29 is 18.3 Å². The third-order valence-corrected chi connectivity index (χ3v) is 4.16. The fraction of sp³-hybridized carbons (Fsp3) is 0.400. The molecule has 1 aromatic rings. The zero-order valence-electron chi connectivity index (χ0n) is 9.76. The summed E-state index contributed by atoms with van der Waals surface area (Å²) in [5.41, 5.74) is -0.352. The van der Waals surface area contributed by atoms with Gasteiger partial charge in [0, 0.05) is 6.20 Å². The molecule has 0 radical (unpaired) electrons. The standard InChI is InChI=1S/C10H14N2O4S/c1-10(2,3)17(15,16)12-7-5-4-6-11-8(7)9(13)14/h4-6,12H,1-3H3,(H,13,14). The van der Waals surface area contributed by atoms with Crippen LogP contribution in [0.3, 0.4) is 0 Å². The molecule has 6 nitrogen and oxygen atoms in total. The molecule has 0 saturated carbocycles. The highest BCUT2D eigenvalue weighted by atomic mass is 32.2. The van der Waals surface area contributed by atoms with E-state index in [2.05, 4.69) is 9.71 Å². The number of anilines is 1. The topological polar surface area (TPSA) is 96.4 Å². The fourth-order valence-electron chi connectivity index (χ4n) is 0.956. The average molecular weight is 258 g/mol. The molecule has 0 amide bonds. The Morgan fingerprint density at radius 2 is 2.00 bits per heavy atom. The number of nitrogens with zero attached hydrogens (tertiary/aromatic N) is 1. The van der Waals surface area contributed by atoms with E-state index in [-0.39, 0.29) is 11.4 Å². The molecule has 0 atom stereocenters. The lowest BCUT2D eigenvalue weighted by Gasteiger charge is -2.20. The highest BCUT2D eigenvalue weighted by Gasteiger charge is 2.30. The molecule has 17 heavy (non-hydrogen) atoms. The summed E-state index contributed by atoms with van der Waals surface area (Å²) in [6, 6.07) is 2.83. The van der Waals surface area contributed by atoms with Gasteiger partial charge in [0.25, 0.3) is 0 Å². The van der Waals surface area contributed by atoms with E-state index in [9.17, 15) is 13.2 Å². The molecule has 0 aliphatic heterocycles. The molecule has 0 unspecified atom stereocenters. The summed E-state index contributed by atoms with van der Waals surface area (Å²) in [5.74, 6) is -1.28. The van der Waals surface area contributed by atoms with Crippen molar-refractivity contribution in [3.8, 4) is 0 Å². The maximum Gasteiger partial charge on any atom is 0.356 e. The van der Waals surface area contributed by atoms with E-state index in [0.717, 1.165) is 0 Å². The smallest absolute Gasteiger partial charge is 0.356 e. The second-order valence-corrected chi connectivity index (χ2v) is 6.86. The quantitative estimate of drug-likeness (QED) is 0.852. The van der Waals surface area contributed by atoms with Crippen LogP contribution in [0.25, 0.3) is 0 Å². The first-order valence-electron chi connectivity index (χ1n) is 4.86. The molecule has 0 aliphatic carbocycles. The van der Waals surface area contributed by atoms with Gasteiger partial charge in [-0.1, -0.05) is 0 Å². The number of aromatic nitrogens is 1. The molecule has 0 aliphatic rings. The zero-order valence-corrected chi connectivity index (χ0v) is 10.6. The van der Waals surface area contributed by atoms with Crippen molar-refractivity contribution in [3.05, 3.63) is 24.0 Å². The Labute approximate surface area is 99.7 Å². The number of rotatable bonds is 3. The van der Waals surface area contributed by atoms with Gasteiger partial charge < -0.3 is 5.11 Å². The molecule has 0 saturated heterocycles. The Morgan fingerprint density at radius 1 is 1.41 bits per heavy atom. The van der Waals surface area contributed by atoms with Crippen LogP contribution in [-0.2, 0) is 10.0 Å². The predicted molar refractivity (Wildman–Crippen MR) is 63.5 cm³/mol. The van der Waals surface area contributed by atoms with Crippen molar-refractivity contribution in [2.45, 2.75) is 25.5 Å². The summed E-state index contributed by atoms with van der Waals surface area (Å²) in [7, 11) is -3.66. The predicted octanol–water partition coefficient (Wildman–Crippen LogP) is 1.32. The minimum atomic E-state index is -3.66. The van der Waals surface area contributed by atoms with Crippen molar-refractivity contribution in [2.24, 2.45) is 0 Å². The van der Waals surface area contributed by atoms with E-state index in [1.807, 2.05) is 0 Å². The largest absolute Gasteiger partial charge is 0.476 e. The molecule has 2 N–H and O–H groups in total. The molecule has 0 bridgehead atoms. The third kappa shape index (κ3) is 2.94. The number of carboxylic acids is 1. The van der Waals surface area contributed by atoms with Crippen molar-refractivity contribution in [2.75, 3.05) is 4.72 Å². The molecular formula is C10H14N2O4S. The van der Waals surface area contributed by atoms with Gasteiger partial charge in [-0.25, -0.2) is 18.2 Å². The van der Waals surface area contributed by atoms with Crippen LogP contribution in [-0.4, -0.2) is 29.2 Å². The Balaban J connectivity index is 3.18. The first-order chi connectivity index (χ1) is 7.65. The van der Waals surface area contributed by atoms with E-state index < -0.39 is 20.7 Å². The summed E-state index contributed by atoms with van der Waals surface area (Å²) < 4.78 is 24.9. The Hall–Kier alpha value is -1.63. The van der Waals surface area contributed by atoms with Crippen molar-refractivity contribution in [1.29, 1.82) is 0 Å². The van der Waals surface area contributed by atoms with Crippen LogP contribution in [0.4, 0.5) is 5.69 Å². The van der Waals surface area contributed by atoms with E-state index >= 15 is 0 Å². The number of aromatic carboxylic acids is 1. The second-order valence-electron chi connectivity index (χ2n) is 4.42. The number of hydrogen-bond donors (Lipinski definition) is 2. The molecule has 1 rings (SSSR count). The second kappa shape index (κ2) is 4.33. The Kier molecular flexibility index (Phi) is 3.42. The van der Waals surface area contributed by atoms with Crippen LogP contribution in [0.5, 0.6) is 0 Å². The average Bonchev–Trinajstić information content (AvgIpc) is 2.15. The number of carbonyl (C=O) groups is 1. The van der Waals surface area contributed by atoms with Gasteiger partial charge in [-0.2, -0.15) is 0 Å². The van der Waals surface area contributed by atoms with E-state index in [4.69, 9.17) is 5.11 Å². The van der Waals surface area contributed by atoms with Crippen molar-refractivity contribution in [1.82, 2.24) is 4.98 Å². The van der Waals surface area contributed by atoms with Crippen LogP contribution < -0.4 is 4.72 Å². The number of hydrogen-bond acceptors (Lipinski definition) is 4. The summed E-state index contributed by atoms with van der Waals surface area (Å²) in [4.78, 5) is 14.5. The normalized spacial score (nSPS) is 12.2. The first kappa shape index (κ1) is 13.4. The molecule has 0 spiro atoms. The van der Waals surface area contributed by atoms with Crippen LogP contribution in [0.15, 0.2) is 18.3 Å². The van der Waals surface area contributed by atoms with Gasteiger partial charge in [0.2, 0.25) is 10.0 Å². The van der Waals surface area contributed by atoms with Crippen molar-refractivity contribution in [3.63, 3.8) is 0 Å². The van der Waals surface area contributed by atoms with Crippen LogP contribution in [0, 0.1) is 0 Å². The number of nitrogens with one attached hydrogen (secondary N) is 1. The molecule has 0 fully saturated rings. The first-order valence-corrected chi connectivity index (χ1v) is 6.34. The molecule has 94 valence electrons. The van der Waals surface area contributed by atoms with Gasteiger partial charge in [-0.15, -0.1) is 0 Å². The highest BCUT2D eigenvalue weighted by molar-refractivity contribution is 7.94. The van der Waals surface area contributed by atoms with Gasteiger partial charge in [0.05, 0.1) is 10.4 Å². The minimum absolute atomic E-state index is 0.0325. The van der Waals surface area contributed by atoms with E-state index in [1.165, 1.54) is 39.1 Å². The third-order valence-electron chi connectivity index (χ3n) is 2.06. The summed E-state index contributed by atoms with van der Waals surface area (Å²) in [6.45, 7) is 4.56. The molecule has 7 heteroatoms. The van der Waals surface area contributed by atoms with Crippen LogP contribution in [0.2, 0.25) is 0 Å². The molecule has 1 aromatic heterocycles.